The lowest BCUT2D eigenvalue weighted by molar-refractivity contribution is -0.117. The fraction of sp³-hybridized carbons (Fsp3) is 0.212. The summed E-state index contributed by atoms with van der Waals surface area (Å²) >= 11 is 0. The normalized spacial score (nSPS) is 17.6. The van der Waals surface area contributed by atoms with Gasteiger partial charge in [0.1, 0.15) is 22.9 Å². The molecule has 1 unspecified atom stereocenters. The predicted octanol–water partition coefficient (Wildman–Crippen LogP) is 6.56. The minimum absolute atomic E-state index is 0.106. The fourth-order valence-corrected chi connectivity index (χ4v) is 6.15. The first-order valence-corrected chi connectivity index (χ1v) is 13.1. The monoisotopic (exact) mass is 536 g/mol. The molecular formula is C33H32N2O5. The van der Waals surface area contributed by atoms with E-state index in [9.17, 15) is 24.9 Å². The van der Waals surface area contributed by atoms with Crippen molar-refractivity contribution in [2.45, 2.75) is 45.1 Å². The van der Waals surface area contributed by atoms with Crippen LogP contribution >= 0.6 is 0 Å². The third-order valence-corrected chi connectivity index (χ3v) is 7.76. The van der Waals surface area contributed by atoms with E-state index in [0.29, 0.717) is 23.2 Å². The van der Waals surface area contributed by atoms with Crippen LogP contribution in [0.4, 0.5) is 11.4 Å². The average Bonchev–Trinajstić information content (AvgIpc) is 2.90. The molecule has 0 spiro atoms. The van der Waals surface area contributed by atoms with Gasteiger partial charge in [0, 0.05) is 35.1 Å². The van der Waals surface area contributed by atoms with E-state index in [0.717, 1.165) is 16.7 Å². The van der Waals surface area contributed by atoms with Crippen LogP contribution < -0.4 is 10.2 Å². The highest BCUT2D eigenvalue weighted by Crippen LogP contribution is 2.57. The summed E-state index contributed by atoms with van der Waals surface area (Å²) in [5.41, 5.74) is 2.26. The Labute approximate surface area is 233 Å². The van der Waals surface area contributed by atoms with Crippen LogP contribution in [0.25, 0.3) is 11.1 Å². The Bertz CT molecular complexity index is 1600. The van der Waals surface area contributed by atoms with Crippen molar-refractivity contribution in [1.82, 2.24) is 0 Å². The Balaban J connectivity index is 1.59. The van der Waals surface area contributed by atoms with Crippen molar-refractivity contribution in [2.24, 2.45) is 0 Å². The van der Waals surface area contributed by atoms with E-state index in [1.165, 1.54) is 13.0 Å². The summed E-state index contributed by atoms with van der Waals surface area (Å²) in [6.07, 6.45) is 0.435. The lowest BCUT2D eigenvalue weighted by atomic mass is 9.64. The zero-order valence-electron chi connectivity index (χ0n) is 22.9. The molecule has 1 heterocycles. The molecule has 4 N–H and O–H groups in total. The van der Waals surface area contributed by atoms with E-state index in [4.69, 9.17) is 0 Å². The second-order valence-electron chi connectivity index (χ2n) is 11.1. The Morgan fingerprint density at radius 1 is 0.825 bits per heavy atom. The number of aromatic hydroxyl groups is 3. The van der Waals surface area contributed by atoms with Gasteiger partial charge in [-0.2, -0.15) is 0 Å². The third kappa shape index (κ3) is 4.53. The van der Waals surface area contributed by atoms with E-state index < -0.39 is 16.9 Å². The molecule has 0 radical (unpaired) electrons. The largest absolute Gasteiger partial charge is 0.508 e. The zero-order valence-corrected chi connectivity index (χ0v) is 22.9. The maximum Gasteiger partial charge on any atom is 0.255 e. The Morgan fingerprint density at radius 3 is 2.02 bits per heavy atom. The first kappa shape index (κ1) is 26.8. The summed E-state index contributed by atoms with van der Waals surface area (Å²) in [6, 6.07) is 24.9. The van der Waals surface area contributed by atoms with Crippen molar-refractivity contribution in [3.63, 3.8) is 0 Å². The Kier molecular flexibility index (Phi) is 6.54. The van der Waals surface area contributed by atoms with Crippen LogP contribution in [-0.2, 0) is 10.2 Å². The van der Waals surface area contributed by atoms with Crippen molar-refractivity contribution in [2.75, 3.05) is 10.2 Å². The first-order valence-electron chi connectivity index (χ1n) is 13.1. The summed E-state index contributed by atoms with van der Waals surface area (Å²) in [4.78, 5) is 27.7. The predicted molar refractivity (Wildman–Crippen MR) is 156 cm³/mol. The highest BCUT2D eigenvalue weighted by atomic mass is 16.3. The van der Waals surface area contributed by atoms with Crippen molar-refractivity contribution < 1.29 is 24.9 Å². The van der Waals surface area contributed by atoms with E-state index in [2.05, 4.69) is 5.32 Å². The van der Waals surface area contributed by atoms with Gasteiger partial charge < -0.3 is 25.5 Å². The van der Waals surface area contributed by atoms with Gasteiger partial charge in [-0.05, 0) is 61.2 Å². The SMILES string of the molecule is CC(=O)N1c2cc(O)c(NC(=O)c3ccc(-c4ccccc4)cc3)c(O)c2C(C)(c2ccc(O)cc2)CC1(C)C. The van der Waals surface area contributed by atoms with E-state index in [-0.39, 0.29) is 28.8 Å². The molecule has 1 aliphatic rings. The quantitative estimate of drug-likeness (QED) is 0.221. The highest BCUT2D eigenvalue weighted by molar-refractivity contribution is 6.07. The molecule has 0 aliphatic carbocycles. The van der Waals surface area contributed by atoms with Gasteiger partial charge in [-0.3, -0.25) is 9.59 Å². The van der Waals surface area contributed by atoms with E-state index >= 15 is 0 Å². The fourth-order valence-electron chi connectivity index (χ4n) is 6.15. The molecule has 2 amide bonds. The molecule has 4 aromatic rings. The topological polar surface area (TPSA) is 110 Å². The second kappa shape index (κ2) is 9.75. The van der Waals surface area contributed by atoms with Crippen LogP contribution in [0.3, 0.4) is 0 Å². The number of nitrogens with zero attached hydrogens (tertiary/aromatic N) is 1. The number of phenolic OH excluding ortho intramolecular Hbond substituents is 3. The number of carbonyl (C=O) groups is 2. The molecule has 1 atom stereocenters. The number of hydrogen-bond donors (Lipinski definition) is 4. The number of anilines is 2. The molecular weight excluding hydrogens is 504 g/mol. The molecule has 0 saturated heterocycles. The lowest BCUT2D eigenvalue weighted by Gasteiger charge is -2.51. The van der Waals surface area contributed by atoms with Gasteiger partial charge in [0.15, 0.2) is 0 Å². The molecule has 1 aliphatic heterocycles. The molecule has 7 nitrogen and oxygen atoms in total. The van der Waals surface area contributed by atoms with Gasteiger partial charge in [-0.1, -0.05) is 61.5 Å². The van der Waals surface area contributed by atoms with Gasteiger partial charge in [-0.15, -0.1) is 0 Å². The van der Waals surface area contributed by atoms with Gasteiger partial charge in [-0.25, -0.2) is 0 Å². The standard InChI is InChI=1S/C33H32N2O5/c1-20(36)35-26-18-27(38)29(34-31(40)23-12-10-22(11-13-23)21-8-6-5-7-9-21)30(39)28(26)33(4,19-32(35,2)3)24-14-16-25(37)17-15-24/h5-18,37-39H,19H2,1-4H3,(H,34,40). The van der Waals surface area contributed by atoms with Gasteiger partial charge in [0.2, 0.25) is 5.91 Å². The molecule has 204 valence electrons. The molecule has 0 bridgehead atoms. The number of rotatable bonds is 4. The van der Waals surface area contributed by atoms with Crippen LogP contribution in [0, 0.1) is 0 Å². The van der Waals surface area contributed by atoms with Crippen LogP contribution in [0.15, 0.2) is 84.9 Å². The second-order valence-corrected chi connectivity index (χ2v) is 11.1. The molecule has 0 aromatic heterocycles. The number of amides is 2. The average molecular weight is 537 g/mol. The summed E-state index contributed by atoms with van der Waals surface area (Å²) in [7, 11) is 0. The number of carbonyl (C=O) groups excluding carboxylic acids is 2. The minimum atomic E-state index is -0.826. The van der Waals surface area contributed by atoms with Crippen LogP contribution in [0.1, 0.15) is 55.6 Å². The minimum Gasteiger partial charge on any atom is -0.508 e. The molecule has 7 heteroatoms. The number of hydrogen-bond acceptors (Lipinski definition) is 5. The van der Waals surface area contributed by atoms with Crippen molar-refractivity contribution in [1.29, 1.82) is 0 Å². The summed E-state index contributed by atoms with van der Waals surface area (Å²) < 4.78 is 0. The van der Waals surface area contributed by atoms with Crippen LogP contribution in [0.5, 0.6) is 17.2 Å². The molecule has 0 saturated carbocycles. The smallest absolute Gasteiger partial charge is 0.255 e. The maximum absolute atomic E-state index is 13.3. The van der Waals surface area contributed by atoms with Crippen molar-refractivity contribution >= 4 is 23.2 Å². The van der Waals surface area contributed by atoms with Crippen molar-refractivity contribution in [3.05, 3.63) is 102 Å². The molecule has 0 fully saturated rings. The third-order valence-electron chi connectivity index (χ3n) is 7.76. The Morgan fingerprint density at radius 2 is 1.43 bits per heavy atom. The van der Waals surface area contributed by atoms with Gasteiger partial charge in [0.25, 0.3) is 5.91 Å². The Hall–Kier alpha value is -4.78. The molecule has 40 heavy (non-hydrogen) atoms. The first-order chi connectivity index (χ1) is 18.9. The summed E-state index contributed by atoms with van der Waals surface area (Å²) in [5, 5.41) is 35.3. The van der Waals surface area contributed by atoms with Gasteiger partial charge >= 0.3 is 0 Å². The van der Waals surface area contributed by atoms with E-state index in [1.807, 2.05) is 63.2 Å². The lowest BCUT2D eigenvalue weighted by Crippen LogP contribution is -2.55. The number of phenols is 3. The van der Waals surface area contributed by atoms with Crippen LogP contribution in [0.2, 0.25) is 0 Å². The van der Waals surface area contributed by atoms with E-state index in [1.54, 1.807) is 41.3 Å². The van der Waals surface area contributed by atoms with Gasteiger partial charge in [0.05, 0.1) is 5.69 Å². The summed E-state index contributed by atoms with van der Waals surface area (Å²) in [5.74, 6) is -1.32. The zero-order chi connectivity index (χ0) is 28.8. The number of fused-ring (bicyclic) bond motifs is 1. The number of nitrogens with one attached hydrogen (secondary N) is 1. The van der Waals surface area contributed by atoms with Crippen molar-refractivity contribution in [3.8, 4) is 28.4 Å². The number of benzene rings is 4. The maximum atomic E-state index is 13.3. The molecule has 5 rings (SSSR count). The summed E-state index contributed by atoms with van der Waals surface area (Å²) in [6.45, 7) is 7.25. The van der Waals surface area contributed by atoms with Crippen LogP contribution in [-0.4, -0.2) is 32.7 Å². The highest BCUT2D eigenvalue weighted by Gasteiger charge is 2.49. The molecule has 4 aromatic carbocycles.